The molecule has 0 aliphatic carbocycles. The highest BCUT2D eigenvalue weighted by Gasteiger charge is 2.47. The van der Waals surface area contributed by atoms with Crippen LogP contribution in [0.3, 0.4) is 0 Å². The molecule has 1 amide bonds. The summed E-state index contributed by atoms with van der Waals surface area (Å²) in [6.07, 6.45) is -4.58. The lowest BCUT2D eigenvalue weighted by atomic mass is 9.95. The zero-order valence-corrected chi connectivity index (χ0v) is 17.4. The van der Waals surface area contributed by atoms with E-state index in [1.807, 2.05) is 0 Å². The summed E-state index contributed by atoms with van der Waals surface area (Å²) in [4.78, 5) is 27.0. The molecule has 0 radical (unpaired) electrons. The molecule has 1 heterocycles. The van der Waals surface area contributed by atoms with Crippen LogP contribution in [0.5, 0.6) is 5.75 Å². The number of rotatable bonds is 3. The fourth-order valence-corrected chi connectivity index (χ4v) is 3.81. The molecule has 168 valence electrons. The highest BCUT2D eigenvalue weighted by Crippen LogP contribution is 2.43. The predicted molar refractivity (Wildman–Crippen MR) is 116 cm³/mol. The van der Waals surface area contributed by atoms with Crippen LogP contribution in [0.4, 0.5) is 18.9 Å². The number of phenols is 1. The number of halogens is 4. The molecule has 4 rings (SSSR count). The van der Waals surface area contributed by atoms with Gasteiger partial charge in [0, 0.05) is 16.3 Å². The number of carbonyl (C=O) groups excluding carboxylic acids is 2. The number of aliphatic hydroxyl groups is 1. The molecule has 1 fully saturated rings. The Bertz CT molecular complexity index is 1270. The lowest BCUT2D eigenvalue weighted by molar-refractivity contribution is -0.137. The average Bonchev–Trinajstić information content (AvgIpc) is 3.04. The van der Waals surface area contributed by atoms with Crippen LogP contribution >= 0.6 is 11.6 Å². The van der Waals surface area contributed by atoms with Crippen LogP contribution in [-0.2, 0) is 15.8 Å². The first-order valence-corrected chi connectivity index (χ1v) is 9.99. The number of phenolic OH excluding ortho intramolecular Hbond substituents is 1. The summed E-state index contributed by atoms with van der Waals surface area (Å²) in [6, 6.07) is 14.2. The molecule has 9 heteroatoms. The lowest BCUT2D eigenvalue weighted by Gasteiger charge is -2.26. The minimum atomic E-state index is -4.58. The average molecular weight is 474 g/mol. The predicted octanol–water partition coefficient (Wildman–Crippen LogP) is 5.69. The van der Waals surface area contributed by atoms with Gasteiger partial charge in [0.05, 0.1) is 17.2 Å². The summed E-state index contributed by atoms with van der Waals surface area (Å²) in [7, 11) is 0. The number of carbonyl (C=O) groups is 2. The summed E-state index contributed by atoms with van der Waals surface area (Å²) < 4.78 is 39.0. The molecule has 1 aliphatic heterocycles. The van der Waals surface area contributed by atoms with Gasteiger partial charge in [0.1, 0.15) is 11.5 Å². The van der Waals surface area contributed by atoms with Gasteiger partial charge >= 0.3 is 6.18 Å². The number of ketones is 1. The molecule has 5 nitrogen and oxygen atoms in total. The Balaban J connectivity index is 1.91. The number of Topliss-reactive ketones (excluding diaryl/α,β-unsaturated/α-hetero) is 1. The monoisotopic (exact) mass is 473 g/mol. The summed E-state index contributed by atoms with van der Waals surface area (Å²) in [5, 5.41) is 21.3. The molecular weight excluding hydrogens is 459 g/mol. The summed E-state index contributed by atoms with van der Waals surface area (Å²) in [5.74, 6) is -2.68. The molecule has 1 atom stereocenters. The molecule has 3 aromatic carbocycles. The SMILES string of the molecule is O=C1C(=O)N(c2ccc(C(F)(F)F)cc2)C(c2cccc(O)c2)/C1=C(\O)c1ccc(Cl)cc1. The van der Waals surface area contributed by atoms with Crippen LogP contribution in [0.1, 0.15) is 22.7 Å². The van der Waals surface area contributed by atoms with Gasteiger partial charge in [-0.05, 0) is 66.2 Å². The second-order valence-electron chi connectivity index (χ2n) is 7.32. The fraction of sp³-hybridized carbons (Fsp3) is 0.0833. The van der Waals surface area contributed by atoms with E-state index >= 15 is 0 Å². The van der Waals surface area contributed by atoms with E-state index in [1.54, 1.807) is 0 Å². The summed E-state index contributed by atoms with van der Waals surface area (Å²) in [5.41, 5.74) is -0.668. The fourth-order valence-electron chi connectivity index (χ4n) is 3.68. The summed E-state index contributed by atoms with van der Waals surface area (Å²) in [6.45, 7) is 0. The van der Waals surface area contributed by atoms with Gasteiger partial charge in [0.15, 0.2) is 0 Å². The lowest BCUT2D eigenvalue weighted by Crippen LogP contribution is -2.29. The van der Waals surface area contributed by atoms with E-state index in [9.17, 15) is 33.0 Å². The Hall–Kier alpha value is -3.78. The number of anilines is 1. The van der Waals surface area contributed by atoms with E-state index < -0.39 is 35.2 Å². The number of aromatic hydroxyl groups is 1. The molecular formula is C24H15ClF3NO4. The first-order valence-electron chi connectivity index (χ1n) is 9.61. The van der Waals surface area contributed by atoms with Crippen molar-refractivity contribution in [1.29, 1.82) is 0 Å². The molecule has 2 N–H and O–H groups in total. The largest absolute Gasteiger partial charge is 0.508 e. The highest BCUT2D eigenvalue weighted by molar-refractivity contribution is 6.51. The van der Waals surface area contributed by atoms with Crippen LogP contribution in [0.15, 0.2) is 78.4 Å². The van der Waals surface area contributed by atoms with E-state index in [1.165, 1.54) is 48.5 Å². The third kappa shape index (κ3) is 4.17. The molecule has 1 unspecified atom stereocenters. The Morgan fingerprint density at radius 3 is 2.15 bits per heavy atom. The first-order chi connectivity index (χ1) is 15.6. The molecule has 3 aromatic rings. The zero-order chi connectivity index (χ0) is 23.9. The van der Waals surface area contributed by atoms with E-state index in [0.717, 1.165) is 29.2 Å². The molecule has 0 bridgehead atoms. The molecule has 0 spiro atoms. The van der Waals surface area contributed by atoms with Crippen LogP contribution in [0.25, 0.3) is 5.76 Å². The zero-order valence-electron chi connectivity index (χ0n) is 16.7. The Morgan fingerprint density at radius 1 is 0.939 bits per heavy atom. The van der Waals surface area contributed by atoms with Crippen LogP contribution in [0, 0.1) is 0 Å². The Labute approximate surface area is 191 Å². The second kappa shape index (κ2) is 8.29. The van der Waals surface area contributed by atoms with Crippen molar-refractivity contribution in [3.8, 4) is 5.75 Å². The number of nitrogens with zero attached hydrogens (tertiary/aromatic N) is 1. The Morgan fingerprint density at radius 2 is 1.58 bits per heavy atom. The van der Waals surface area contributed by atoms with Gasteiger partial charge < -0.3 is 10.2 Å². The van der Waals surface area contributed by atoms with E-state index in [-0.39, 0.29) is 28.1 Å². The van der Waals surface area contributed by atoms with Crippen molar-refractivity contribution in [2.75, 3.05) is 4.90 Å². The topological polar surface area (TPSA) is 77.8 Å². The molecule has 1 aliphatic rings. The van der Waals surface area contributed by atoms with Crippen molar-refractivity contribution < 1.29 is 33.0 Å². The van der Waals surface area contributed by atoms with Crippen molar-refractivity contribution in [3.63, 3.8) is 0 Å². The van der Waals surface area contributed by atoms with E-state index in [4.69, 9.17) is 11.6 Å². The van der Waals surface area contributed by atoms with Crippen molar-refractivity contribution in [2.24, 2.45) is 0 Å². The van der Waals surface area contributed by atoms with Crippen molar-refractivity contribution in [3.05, 3.63) is 100 Å². The first kappa shape index (κ1) is 22.4. The maximum absolute atomic E-state index is 13.0. The molecule has 1 saturated heterocycles. The number of benzene rings is 3. The van der Waals surface area contributed by atoms with Crippen molar-refractivity contribution >= 4 is 34.7 Å². The smallest absolute Gasteiger partial charge is 0.416 e. The van der Waals surface area contributed by atoms with Gasteiger partial charge in [-0.15, -0.1) is 0 Å². The number of hydrogen-bond donors (Lipinski definition) is 2. The highest BCUT2D eigenvalue weighted by atomic mass is 35.5. The summed E-state index contributed by atoms with van der Waals surface area (Å²) >= 11 is 5.88. The minimum Gasteiger partial charge on any atom is -0.508 e. The van der Waals surface area contributed by atoms with Crippen molar-refractivity contribution in [2.45, 2.75) is 12.2 Å². The van der Waals surface area contributed by atoms with E-state index in [0.29, 0.717) is 5.02 Å². The number of hydrogen-bond acceptors (Lipinski definition) is 4. The van der Waals surface area contributed by atoms with Gasteiger partial charge in [-0.1, -0.05) is 23.7 Å². The normalized spacial score (nSPS) is 18.1. The van der Waals surface area contributed by atoms with E-state index in [2.05, 4.69) is 0 Å². The Kier molecular flexibility index (Phi) is 5.63. The quantitative estimate of drug-likeness (QED) is 0.291. The van der Waals surface area contributed by atoms with Crippen molar-refractivity contribution in [1.82, 2.24) is 0 Å². The molecule has 0 saturated carbocycles. The molecule has 0 aromatic heterocycles. The third-order valence-corrected chi connectivity index (χ3v) is 5.47. The number of amides is 1. The van der Waals surface area contributed by atoms with Gasteiger partial charge in [-0.3, -0.25) is 14.5 Å². The molecule has 33 heavy (non-hydrogen) atoms. The van der Waals surface area contributed by atoms with Gasteiger partial charge in [0.2, 0.25) is 0 Å². The van der Waals surface area contributed by atoms with Crippen LogP contribution < -0.4 is 4.90 Å². The van der Waals surface area contributed by atoms with Gasteiger partial charge in [-0.25, -0.2) is 0 Å². The van der Waals surface area contributed by atoms with Gasteiger partial charge in [-0.2, -0.15) is 13.2 Å². The maximum Gasteiger partial charge on any atom is 0.416 e. The number of alkyl halides is 3. The standard InChI is InChI=1S/C24H15ClF3NO4/c25-16-8-4-13(5-9-16)21(31)19-20(14-2-1-3-18(30)12-14)29(23(33)22(19)32)17-10-6-15(7-11-17)24(26,27)28/h1-12,20,30-31H/b21-19+. The van der Waals surface area contributed by atoms with Gasteiger partial charge in [0.25, 0.3) is 11.7 Å². The van der Waals surface area contributed by atoms with Crippen LogP contribution in [-0.4, -0.2) is 21.9 Å². The van der Waals surface area contributed by atoms with Crippen LogP contribution in [0.2, 0.25) is 5.02 Å². The second-order valence-corrected chi connectivity index (χ2v) is 7.75. The maximum atomic E-state index is 13.0. The third-order valence-electron chi connectivity index (χ3n) is 5.22. The number of aliphatic hydroxyl groups excluding tert-OH is 1. The minimum absolute atomic E-state index is 0.0219.